The van der Waals surface area contributed by atoms with Crippen molar-refractivity contribution in [3.63, 3.8) is 0 Å². The fourth-order valence-electron chi connectivity index (χ4n) is 2.12. The molecule has 0 saturated carbocycles. The van der Waals surface area contributed by atoms with Crippen molar-refractivity contribution in [2.24, 2.45) is 0 Å². The standard InChI is InChI=1S/C15H20Cl2N2O4S/c1-9-5-7-11(8-6-9)24(22,23)19-12(10(2)20)15(3,4)18-14(21)13(16)17/h5-8,12-13,19H,1-4H3,(H,18,21)/t12-/m0/s1. The van der Waals surface area contributed by atoms with E-state index in [1.54, 1.807) is 12.1 Å². The Morgan fingerprint density at radius 2 is 1.62 bits per heavy atom. The molecule has 1 aromatic rings. The van der Waals surface area contributed by atoms with E-state index in [0.29, 0.717) is 0 Å². The quantitative estimate of drug-likeness (QED) is 0.690. The number of nitrogens with one attached hydrogen (secondary N) is 2. The number of amides is 1. The number of benzene rings is 1. The average Bonchev–Trinajstić information content (AvgIpc) is 2.44. The molecule has 0 aliphatic heterocycles. The van der Waals surface area contributed by atoms with Crippen LogP contribution in [0.15, 0.2) is 29.2 Å². The second kappa shape index (κ2) is 7.82. The van der Waals surface area contributed by atoms with E-state index >= 15 is 0 Å². The molecule has 0 heterocycles. The molecule has 134 valence electrons. The molecule has 2 N–H and O–H groups in total. The van der Waals surface area contributed by atoms with Gasteiger partial charge in [-0.3, -0.25) is 9.59 Å². The van der Waals surface area contributed by atoms with Gasteiger partial charge in [0.2, 0.25) is 10.0 Å². The third kappa shape index (κ3) is 5.44. The van der Waals surface area contributed by atoms with Gasteiger partial charge in [-0.2, -0.15) is 4.72 Å². The highest BCUT2D eigenvalue weighted by Crippen LogP contribution is 2.17. The van der Waals surface area contributed by atoms with E-state index in [2.05, 4.69) is 10.0 Å². The lowest BCUT2D eigenvalue weighted by Gasteiger charge is -2.34. The van der Waals surface area contributed by atoms with Crippen LogP contribution in [0, 0.1) is 6.92 Å². The number of halogens is 2. The van der Waals surface area contributed by atoms with Crippen molar-refractivity contribution < 1.29 is 18.0 Å². The van der Waals surface area contributed by atoms with Crippen LogP contribution >= 0.6 is 23.2 Å². The topological polar surface area (TPSA) is 92.3 Å². The van der Waals surface area contributed by atoms with Crippen molar-refractivity contribution in [1.82, 2.24) is 10.0 Å². The Bertz CT molecular complexity index is 715. The van der Waals surface area contributed by atoms with Gasteiger partial charge in [0.05, 0.1) is 10.4 Å². The predicted molar refractivity (Wildman–Crippen MR) is 93.7 cm³/mol. The molecule has 24 heavy (non-hydrogen) atoms. The molecule has 0 saturated heterocycles. The highest BCUT2D eigenvalue weighted by Gasteiger charge is 2.38. The number of rotatable bonds is 7. The van der Waals surface area contributed by atoms with Crippen LogP contribution in [0.3, 0.4) is 0 Å². The number of alkyl halides is 2. The first-order chi connectivity index (χ1) is 10.9. The van der Waals surface area contributed by atoms with Crippen molar-refractivity contribution in [3.8, 4) is 0 Å². The Hall–Kier alpha value is -1.15. The van der Waals surface area contributed by atoms with E-state index in [-0.39, 0.29) is 4.90 Å². The number of carbonyl (C=O) groups is 2. The largest absolute Gasteiger partial charge is 0.347 e. The number of aryl methyl sites for hydroxylation is 1. The zero-order valence-corrected chi connectivity index (χ0v) is 16.1. The maximum atomic E-state index is 12.5. The molecule has 0 fully saturated rings. The lowest BCUT2D eigenvalue weighted by atomic mass is 9.92. The van der Waals surface area contributed by atoms with Crippen molar-refractivity contribution in [3.05, 3.63) is 29.8 Å². The molecule has 6 nitrogen and oxygen atoms in total. The lowest BCUT2D eigenvalue weighted by Crippen LogP contribution is -2.62. The lowest BCUT2D eigenvalue weighted by molar-refractivity contribution is -0.123. The summed E-state index contributed by atoms with van der Waals surface area (Å²) < 4.78 is 27.3. The van der Waals surface area contributed by atoms with Crippen LogP contribution in [0.25, 0.3) is 0 Å². The van der Waals surface area contributed by atoms with Crippen molar-refractivity contribution in [2.45, 2.75) is 49.0 Å². The van der Waals surface area contributed by atoms with Crippen LogP contribution in [-0.2, 0) is 19.6 Å². The normalized spacial score (nSPS) is 13.6. The number of hydrogen-bond acceptors (Lipinski definition) is 4. The predicted octanol–water partition coefficient (Wildman–Crippen LogP) is 1.93. The van der Waals surface area contributed by atoms with Gasteiger partial charge < -0.3 is 5.32 Å². The summed E-state index contributed by atoms with van der Waals surface area (Å²) in [6, 6.07) is 4.98. The molecule has 0 aliphatic rings. The van der Waals surface area contributed by atoms with Crippen LogP contribution in [0.1, 0.15) is 26.3 Å². The van der Waals surface area contributed by atoms with Crippen LogP contribution in [0.5, 0.6) is 0 Å². The first-order valence-electron chi connectivity index (χ1n) is 7.06. The zero-order chi connectivity index (χ0) is 18.7. The second-order valence-corrected chi connectivity index (χ2v) is 8.80. The minimum Gasteiger partial charge on any atom is -0.347 e. The van der Waals surface area contributed by atoms with Gasteiger partial charge in [-0.1, -0.05) is 40.9 Å². The second-order valence-electron chi connectivity index (χ2n) is 5.99. The zero-order valence-electron chi connectivity index (χ0n) is 13.8. The van der Waals surface area contributed by atoms with Gasteiger partial charge in [0.15, 0.2) is 4.84 Å². The fraction of sp³-hybridized carbons (Fsp3) is 0.467. The van der Waals surface area contributed by atoms with Gasteiger partial charge in [-0.25, -0.2) is 8.42 Å². The molecular weight excluding hydrogens is 375 g/mol. The van der Waals surface area contributed by atoms with E-state index in [1.807, 2.05) is 6.92 Å². The van der Waals surface area contributed by atoms with E-state index in [1.165, 1.54) is 32.9 Å². The Balaban J connectivity index is 3.10. The Labute approximate surface area is 152 Å². The van der Waals surface area contributed by atoms with Crippen LogP contribution in [0.4, 0.5) is 0 Å². The van der Waals surface area contributed by atoms with E-state index in [9.17, 15) is 18.0 Å². The summed E-state index contributed by atoms with van der Waals surface area (Å²) in [5.74, 6) is -1.18. The monoisotopic (exact) mass is 394 g/mol. The van der Waals surface area contributed by atoms with Crippen LogP contribution in [0.2, 0.25) is 0 Å². The van der Waals surface area contributed by atoms with Gasteiger partial charge in [-0.05, 0) is 39.8 Å². The Morgan fingerprint density at radius 3 is 2.04 bits per heavy atom. The molecule has 1 aromatic carbocycles. The SMILES string of the molecule is CC(=O)[C@H](NS(=O)(=O)c1ccc(C)cc1)C(C)(C)NC(=O)C(Cl)Cl. The summed E-state index contributed by atoms with van der Waals surface area (Å²) in [5.41, 5.74) is -0.331. The smallest absolute Gasteiger partial charge is 0.253 e. The van der Waals surface area contributed by atoms with Crippen molar-refractivity contribution >= 4 is 44.9 Å². The molecule has 1 atom stereocenters. The molecule has 0 aromatic heterocycles. The summed E-state index contributed by atoms with van der Waals surface area (Å²) >= 11 is 11.0. The van der Waals surface area contributed by atoms with Gasteiger partial charge in [0.25, 0.3) is 5.91 Å². The molecule has 1 amide bonds. The number of sulfonamides is 1. The third-order valence-electron chi connectivity index (χ3n) is 3.38. The molecule has 9 heteroatoms. The average molecular weight is 395 g/mol. The highest BCUT2D eigenvalue weighted by molar-refractivity contribution is 7.89. The summed E-state index contributed by atoms with van der Waals surface area (Å²) in [4.78, 5) is 22.4. The third-order valence-corrected chi connectivity index (χ3v) is 5.21. The van der Waals surface area contributed by atoms with Crippen molar-refractivity contribution in [1.29, 1.82) is 0 Å². The Kier molecular flexibility index (Phi) is 6.81. The maximum absolute atomic E-state index is 12.5. The first-order valence-corrected chi connectivity index (χ1v) is 9.42. The molecular formula is C15H20Cl2N2O4S. The maximum Gasteiger partial charge on any atom is 0.253 e. The summed E-state index contributed by atoms with van der Waals surface area (Å²) in [5, 5.41) is 2.47. The highest BCUT2D eigenvalue weighted by atomic mass is 35.5. The molecule has 1 rings (SSSR count). The molecule has 0 unspecified atom stereocenters. The van der Waals surface area contributed by atoms with Crippen LogP contribution < -0.4 is 10.0 Å². The Morgan fingerprint density at radius 1 is 1.12 bits per heavy atom. The molecule has 0 bridgehead atoms. The number of carbonyl (C=O) groups excluding carboxylic acids is 2. The number of ketones is 1. The number of hydrogen-bond donors (Lipinski definition) is 2. The van der Waals surface area contributed by atoms with Gasteiger partial charge >= 0.3 is 0 Å². The molecule has 0 spiro atoms. The van der Waals surface area contributed by atoms with Gasteiger partial charge in [0.1, 0.15) is 11.8 Å². The van der Waals surface area contributed by atoms with Crippen molar-refractivity contribution in [2.75, 3.05) is 0 Å². The van der Waals surface area contributed by atoms with Crippen LogP contribution in [-0.4, -0.2) is 36.5 Å². The van der Waals surface area contributed by atoms with Gasteiger partial charge in [-0.15, -0.1) is 0 Å². The minimum atomic E-state index is -3.95. The minimum absolute atomic E-state index is 0.0223. The fourth-order valence-corrected chi connectivity index (χ4v) is 3.63. The molecule has 0 radical (unpaired) electrons. The van der Waals surface area contributed by atoms with E-state index in [4.69, 9.17) is 23.2 Å². The summed E-state index contributed by atoms with van der Waals surface area (Å²) in [7, 11) is -3.95. The van der Waals surface area contributed by atoms with Gasteiger partial charge in [0, 0.05) is 0 Å². The summed E-state index contributed by atoms with van der Waals surface area (Å²) in [6.45, 7) is 6.07. The van der Waals surface area contributed by atoms with E-state index in [0.717, 1.165) is 5.56 Å². The van der Waals surface area contributed by atoms with E-state index < -0.39 is 38.1 Å². The number of Topliss-reactive ketones (excluding diaryl/α,β-unsaturated/α-hetero) is 1. The molecule has 0 aliphatic carbocycles. The summed E-state index contributed by atoms with van der Waals surface area (Å²) in [6.07, 6.45) is 0. The first kappa shape index (κ1) is 20.9.